The number of hydrogen-bond donors (Lipinski definition) is 2. The standard InChI is InChI=1S/C13H17FN2O6/c1-3-9(19)22-10-7(6-17)21-11(13(10,2)14)16-5-4-8(18)15-12(16)20/h4-5,7,10-11,17H,3,6H2,1-2H3,(H,15,18,20)/t7-,10?,11-,13?/m0/s1. The van der Waals surface area contributed by atoms with E-state index in [0.717, 1.165) is 23.8 Å². The summed E-state index contributed by atoms with van der Waals surface area (Å²) in [5.41, 5.74) is -3.76. The number of aliphatic hydroxyl groups is 1. The van der Waals surface area contributed by atoms with E-state index in [1.807, 2.05) is 4.98 Å². The summed E-state index contributed by atoms with van der Waals surface area (Å²) in [6.07, 6.45) is -2.80. The Balaban J connectivity index is 2.39. The van der Waals surface area contributed by atoms with Crippen molar-refractivity contribution >= 4 is 5.97 Å². The van der Waals surface area contributed by atoms with Crippen LogP contribution in [0.4, 0.5) is 4.39 Å². The molecule has 1 aromatic heterocycles. The third-order valence-corrected chi connectivity index (χ3v) is 3.51. The molecule has 0 radical (unpaired) electrons. The molecular formula is C13H17FN2O6. The van der Waals surface area contributed by atoms with Crippen LogP contribution in [0.3, 0.4) is 0 Å². The van der Waals surface area contributed by atoms with Crippen molar-refractivity contribution in [1.82, 2.24) is 9.55 Å². The average Bonchev–Trinajstić information content (AvgIpc) is 2.70. The fraction of sp³-hybridized carbons (Fsp3) is 0.615. The Morgan fingerprint density at radius 3 is 2.82 bits per heavy atom. The highest BCUT2D eigenvalue weighted by Gasteiger charge is 2.57. The molecule has 122 valence electrons. The maximum Gasteiger partial charge on any atom is 0.330 e. The Hall–Kier alpha value is -2.00. The molecule has 2 rings (SSSR count). The minimum atomic E-state index is -2.26. The van der Waals surface area contributed by atoms with Crippen molar-refractivity contribution in [2.75, 3.05) is 6.61 Å². The second-order valence-corrected chi connectivity index (χ2v) is 5.14. The van der Waals surface area contributed by atoms with Gasteiger partial charge >= 0.3 is 11.7 Å². The monoisotopic (exact) mass is 316 g/mol. The van der Waals surface area contributed by atoms with Crippen molar-refractivity contribution in [3.63, 3.8) is 0 Å². The maximum absolute atomic E-state index is 15.1. The maximum atomic E-state index is 15.1. The first-order chi connectivity index (χ1) is 10.3. The number of halogens is 1. The van der Waals surface area contributed by atoms with Crippen LogP contribution in [0.2, 0.25) is 0 Å². The van der Waals surface area contributed by atoms with E-state index in [1.165, 1.54) is 0 Å². The minimum absolute atomic E-state index is 0.0357. The number of carbonyl (C=O) groups is 1. The molecule has 1 aliphatic heterocycles. The summed E-state index contributed by atoms with van der Waals surface area (Å²) in [5, 5.41) is 9.30. The van der Waals surface area contributed by atoms with Gasteiger partial charge in [0.25, 0.3) is 5.56 Å². The Morgan fingerprint density at radius 2 is 2.27 bits per heavy atom. The molecule has 1 fully saturated rings. The van der Waals surface area contributed by atoms with Crippen LogP contribution in [0.25, 0.3) is 0 Å². The molecule has 0 saturated carbocycles. The quantitative estimate of drug-likeness (QED) is 0.723. The van der Waals surface area contributed by atoms with Gasteiger partial charge in [-0.05, 0) is 6.92 Å². The van der Waals surface area contributed by atoms with E-state index in [1.54, 1.807) is 6.92 Å². The number of rotatable bonds is 4. The first-order valence-corrected chi connectivity index (χ1v) is 6.77. The number of nitrogens with zero attached hydrogens (tertiary/aromatic N) is 1. The number of aliphatic hydroxyl groups excluding tert-OH is 1. The van der Waals surface area contributed by atoms with Gasteiger partial charge in [-0.15, -0.1) is 0 Å². The number of alkyl halides is 1. The Kier molecular flexibility index (Phi) is 4.47. The number of ether oxygens (including phenoxy) is 2. The highest BCUT2D eigenvalue weighted by atomic mass is 19.1. The average molecular weight is 316 g/mol. The summed E-state index contributed by atoms with van der Waals surface area (Å²) in [7, 11) is 0. The molecule has 4 atom stereocenters. The van der Waals surface area contributed by atoms with Crippen LogP contribution < -0.4 is 11.2 Å². The molecule has 1 aliphatic rings. The van der Waals surface area contributed by atoms with E-state index in [2.05, 4.69) is 0 Å². The molecule has 2 N–H and O–H groups in total. The first-order valence-electron chi connectivity index (χ1n) is 6.77. The number of hydrogen-bond acceptors (Lipinski definition) is 6. The third-order valence-electron chi connectivity index (χ3n) is 3.51. The Labute approximate surface area is 124 Å². The predicted molar refractivity (Wildman–Crippen MR) is 72.0 cm³/mol. The molecule has 0 amide bonds. The summed E-state index contributed by atoms with van der Waals surface area (Å²) in [5.74, 6) is -0.648. The fourth-order valence-electron chi connectivity index (χ4n) is 2.38. The van der Waals surface area contributed by atoms with Gasteiger partial charge in [0, 0.05) is 18.7 Å². The van der Waals surface area contributed by atoms with Gasteiger partial charge in [-0.25, -0.2) is 9.18 Å². The number of aromatic amines is 1. The van der Waals surface area contributed by atoms with E-state index in [0.29, 0.717) is 0 Å². The summed E-state index contributed by atoms with van der Waals surface area (Å²) in [6.45, 7) is 2.07. The SMILES string of the molecule is CCC(=O)OC1[C@H](CO)O[C@H](n2ccc(=O)[nH]c2=O)C1(C)F. The van der Waals surface area contributed by atoms with E-state index < -0.39 is 47.9 Å². The van der Waals surface area contributed by atoms with Crippen LogP contribution in [-0.4, -0.2) is 45.1 Å². The number of esters is 1. The van der Waals surface area contributed by atoms with Crippen LogP contribution in [0.5, 0.6) is 0 Å². The van der Waals surface area contributed by atoms with E-state index in [9.17, 15) is 19.5 Å². The molecule has 2 heterocycles. The lowest BCUT2D eigenvalue weighted by Crippen LogP contribution is -2.45. The minimum Gasteiger partial charge on any atom is -0.456 e. The molecule has 22 heavy (non-hydrogen) atoms. The zero-order chi connectivity index (χ0) is 16.5. The van der Waals surface area contributed by atoms with Gasteiger partial charge in [-0.3, -0.25) is 19.1 Å². The Morgan fingerprint density at radius 1 is 1.59 bits per heavy atom. The van der Waals surface area contributed by atoms with Gasteiger partial charge in [0.05, 0.1) is 6.61 Å². The topological polar surface area (TPSA) is 111 Å². The van der Waals surface area contributed by atoms with Crippen LogP contribution in [0.15, 0.2) is 21.9 Å². The fourth-order valence-corrected chi connectivity index (χ4v) is 2.38. The molecule has 8 nitrogen and oxygen atoms in total. The van der Waals surface area contributed by atoms with Crippen molar-refractivity contribution in [3.05, 3.63) is 33.1 Å². The van der Waals surface area contributed by atoms with Crippen molar-refractivity contribution in [2.45, 2.75) is 44.4 Å². The lowest BCUT2D eigenvalue weighted by Gasteiger charge is -2.27. The summed E-state index contributed by atoms with van der Waals surface area (Å²) < 4.78 is 26.3. The van der Waals surface area contributed by atoms with Crippen LogP contribution >= 0.6 is 0 Å². The van der Waals surface area contributed by atoms with Crippen molar-refractivity contribution in [3.8, 4) is 0 Å². The van der Waals surface area contributed by atoms with Crippen LogP contribution in [-0.2, 0) is 14.3 Å². The van der Waals surface area contributed by atoms with Crippen molar-refractivity contribution < 1.29 is 23.8 Å². The lowest BCUT2D eigenvalue weighted by atomic mass is 9.98. The molecule has 0 aromatic carbocycles. The third kappa shape index (κ3) is 2.81. The molecule has 1 saturated heterocycles. The highest BCUT2D eigenvalue weighted by Crippen LogP contribution is 2.42. The molecule has 1 aromatic rings. The number of carbonyl (C=O) groups excluding carboxylic acids is 1. The van der Waals surface area contributed by atoms with Gasteiger partial charge in [-0.1, -0.05) is 6.92 Å². The summed E-state index contributed by atoms with van der Waals surface area (Å²) in [6, 6.07) is 1.04. The van der Waals surface area contributed by atoms with E-state index >= 15 is 4.39 Å². The van der Waals surface area contributed by atoms with Crippen molar-refractivity contribution in [2.24, 2.45) is 0 Å². The normalized spacial score (nSPS) is 31.2. The van der Waals surface area contributed by atoms with Gasteiger partial charge in [0.15, 0.2) is 18.0 Å². The van der Waals surface area contributed by atoms with Crippen LogP contribution in [0.1, 0.15) is 26.5 Å². The molecular weight excluding hydrogens is 299 g/mol. The first kappa shape index (κ1) is 16.4. The van der Waals surface area contributed by atoms with Gasteiger partial charge < -0.3 is 14.6 Å². The Bertz CT molecular complexity index is 667. The van der Waals surface area contributed by atoms with E-state index in [-0.39, 0.29) is 6.42 Å². The highest BCUT2D eigenvalue weighted by molar-refractivity contribution is 5.69. The smallest absolute Gasteiger partial charge is 0.330 e. The molecule has 9 heteroatoms. The molecule has 0 bridgehead atoms. The zero-order valence-corrected chi connectivity index (χ0v) is 12.1. The summed E-state index contributed by atoms with van der Waals surface area (Å²) >= 11 is 0. The molecule has 0 spiro atoms. The molecule has 2 unspecified atom stereocenters. The second-order valence-electron chi connectivity index (χ2n) is 5.14. The van der Waals surface area contributed by atoms with Gasteiger partial charge in [0.2, 0.25) is 0 Å². The van der Waals surface area contributed by atoms with Crippen LogP contribution in [0, 0.1) is 0 Å². The van der Waals surface area contributed by atoms with Gasteiger partial charge in [0.1, 0.15) is 6.10 Å². The number of aromatic nitrogens is 2. The largest absolute Gasteiger partial charge is 0.456 e. The van der Waals surface area contributed by atoms with E-state index in [4.69, 9.17) is 9.47 Å². The summed E-state index contributed by atoms with van der Waals surface area (Å²) in [4.78, 5) is 36.3. The lowest BCUT2D eigenvalue weighted by molar-refractivity contribution is -0.158. The van der Waals surface area contributed by atoms with Gasteiger partial charge in [-0.2, -0.15) is 0 Å². The second kappa shape index (κ2) is 6.01. The predicted octanol–water partition coefficient (Wildman–Crippen LogP) is -0.524. The van der Waals surface area contributed by atoms with Crippen molar-refractivity contribution in [1.29, 1.82) is 0 Å². The zero-order valence-electron chi connectivity index (χ0n) is 12.1. The number of H-pyrrole nitrogens is 1. The number of nitrogens with one attached hydrogen (secondary N) is 1. The molecule has 0 aliphatic carbocycles.